The number of alkyl carbamates (subject to hydrolysis) is 1. The molecule has 0 aliphatic heterocycles. The standard InChI is InChI=1S/C37H33ClF3N7O7S/c1-19(49)48(56(6,52)53)34-30-24(38)12-13-27(31(30)46(5)45-34)47-33(26(42-36(51)55-37(2,3)4)17-20-15-21(39)18-22(40)16-20)44-32-23(35(47)50)11-14-29(43-32)54-28-10-8-7-9-25(28)41/h7-16,18,26H,17H2,1-6H3,(H,42,51). The molecule has 1 atom stereocenters. The summed E-state index contributed by atoms with van der Waals surface area (Å²) in [6, 6.07) is 12.3. The predicted molar refractivity (Wildman–Crippen MR) is 201 cm³/mol. The Labute approximate surface area is 322 Å². The number of nitrogens with zero attached hydrogens (tertiary/aromatic N) is 6. The van der Waals surface area contributed by atoms with Gasteiger partial charge in [0.1, 0.15) is 23.1 Å². The Morgan fingerprint density at radius 3 is 2.30 bits per heavy atom. The quantitative estimate of drug-likeness (QED) is 0.167. The van der Waals surface area contributed by atoms with Gasteiger partial charge in [-0.15, -0.1) is 0 Å². The van der Waals surface area contributed by atoms with Gasteiger partial charge >= 0.3 is 6.09 Å². The van der Waals surface area contributed by atoms with Gasteiger partial charge in [-0.3, -0.25) is 18.8 Å². The van der Waals surface area contributed by atoms with Crippen LogP contribution < -0.4 is 19.9 Å². The highest BCUT2D eigenvalue weighted by molar-refractivity contribution is 7.92. The molecular weight excluding hydrogens is 779 g/mol. The van der Waals surface area contributed by atoms with Crippen molar-refractivity contribution in [2.75, 3.05) is 10.6 Å². The van der Waals surface area contributed by atoms with Gasteiger partial charge in [-0.25, -0.2) is 31.4 Å². The van der Waals surface area contributed by atoms with Gasteiger partial charge in [-0.2, -0.15) is 14.4 Å². The molecule has 6 rings (SSSR count). The maximum absolute atomic E-state index is 14.8. The van der Waals surface area contributed by atoms with Crippen LogP contribution in [0.3, 0.4) is 0 Å². The van der Waals surface area contributed by atoms with Crippen molar-refractivity contribution in [2.24, 2.45) is 7.05 Å². The van der Waals surface area contributed by atoms with Crippen LogP contribution in [0.15, 0.2) is 71.5 Å². The molecule has 14 nitrogen and oxygen atoms in total. The van der Waals surface area contributed by atoms with Crippen LogP contribution in [-0.4, -0.2) is 56.6 Å². The van der Waals surface area contributed by atoms with Gasteiger partial charge in [0.15, 0.2) is 23.0 Å². The van der Waals surface area contributed by atoms with E-state index >= 15 is 0 Å². The number of fused-ring (bicyclic) bond motifs is 2. The highest BCUT2D eigenvalue weighted by atomic mass is 35.5. The van der Waals surface area contributed by atoms with Crippen LogP contribution in [0.5, 0.6) is 11.6 Å². The lowest BCUT2D eigenvalue weighted by molar-refractivity contribution is -0.115. The molecule has 0 radical (unpaired) electrons. The van der Waals surface area contributed by atoms with E-state index in [1.54, 1.807) is 26.8 Å². The maximum Gasteiger partial charge on any atom is 0.408 e. The van der Waals surface area contributed by atoms with Gasteiger partial charge in [0.2, 0.25) is 21.8 Å². The first-order valence-electron chi connectivity index (χ1n) is 16.7. The summed E-state index contributed by atoms with van der Waals surface area (Å²) in [6.07, 6.45) is -0.544. The fraction of sp³-hybridized carbons (Fsp3) is 0.243. The SMILES string of the molecule is CC(=O)N(c1nn(C)c2c(-n3c(C(Cc4cc(F)cc(F)c4)NC(=O)OC(C)(C)C)nc4nc(Oc5ccccc5F)ccc4c3=O)ccc(Cl)c12)S(C)(=O)=O. The average molecular weight is 812 g/mol. The van der Waals surface area contributed by atoms with Crippen molar-refractivity contribution in [1.82, 2.24) is 29.6 Å². The number of hydrogen-bond donors (Lipinski definition) is 1. The first-order valence-corrected chi connectivity index (χ1v) is 18.9. The molecule has 1 unspecified atom stereocenters. The van der Waals surface area contributed by atoms with Gasteiger partial charge in [0, 0.05) is 32.5 Å². The highest BCUT2D eigenvalue weighted by Crippen LogP contribution is 2.38. The zero-order chi connectivity index (χ0) is 40.9. The smallest absolute Gasteiger partial charge is 0.408 e. The Balaban J connectivity index is 1.68. The van der Waals surface area contributed by atoms with Gasteiger partial charge in [0.05, 0.1) is 39.3 Å². The normalized spacial score (nSPS) is 12.5. The number of aryl methyl sites for hydroxylation is 1. The molecule has 0 aliphatic rings. The van der Waals surface area contributed by atoms with Crippen LogP contribution in [0, 0.1) is 17.5 Å². The Morgan fingerprint density at radius 1 is 1.00 bits per heavy atom. The number of sulfonamides is 1. The third kappa shape index (κ3) is 8.16. The minimum atomic E-state index is -4.25. The van der Waals surface area contributed by atoms with E-state index in [4.69, 9.17) is 26.1 Å². The lowest BCUT2D eigenvalue weighted by Gasteiger charge is -2.26. The number of hydrogen-bond acceptors (Lipinski definition) is 10. The molecule has 0 bridgehead atoms. The second kappa shape index (κ2) is 14.9. The Kier molecular flexibility index (Phi) is 10.6. The Hall–Kier alpha value is -6.01. The summed E-state index contributed by atoms with van der Waals surface area (Å²) in [7, 11) is -2.82. The Morgan fingerprint density at radius 2 is 1.68 bits per heavy atom. The van der Waals surface area contributed by atoms with E-state index < -0.39 is 56.7 Å². The summed E-state index contributed by atoms with van der Waals surface area (Å²) in [4.78, 5) is 49.9. The third-order valence-electron chi connectivity index (χ3n) is 8.10. The summed E-state index contributed by atoms with van der Waals surface area (Å²) >= 11 is 6.65. The zero-order valence-corrected chi connectivity index (χ0v) is 32.2. The molecule has 2 amide bonds. The number of carbonyl (C=O) groups is 2. The molecular formula is C37H33ClF3N7O7S. The maximum atomic E-state index is 14.8. The van der Waals surface area contributed by atoms with Crippen molar-refractivity contribution in [3.8, 4) is 17.3 Å². The third-order valence-corrected chi connectivity index (χ3v) is 9.51. The molecule has 0 fully saturated rings. The molecule has 19 heteroatoms. The van der Waals surface area contributed by atoms with E-state index in [1.807, 2.05) is 0 Å². The van der Waals surface area contributed by atoms with Crippen molar-refractivity contribution in [3.63, 3.8) is 0 Å². The topological polar surface area (TPSA) is 168 Å². The summed E-state index contributed by atoms with van der Waals surface area (Å²) in [6.45, 7) is 5.86. The molecule has 3 aromatic carbocycles. The Bertz CT molecular complexity index is 2720. The van der Waals surface area contributed by atoms with E-state index in [9.17, 15) is 36.0 Å². The molecule has 1 N–H and O–H groups in total. The van der Waals surface area contributed by atoms with Gasteiger partial charge in [-0.05, 0) is 68.8 Å². The van der Waals surface area contributed by atoms with Crippen LogP contribution in [0.1, 0.15) is 45.1 Å². The van der Waals surface area contributed by atoms with Gasteiger partial charge in [0.25, 0.3) is 5.56 Å². The number of amides is 2. The molecule has 0 saturated heterocycles. The minimum absolute atomic E-state index is 0.00912. The van der Waals surface area contributed by atoms with Crippen molar-refractivity contribution in [1.29, 1.82) is 0 Å². The van der Waals surface area contributed by atoms with Crippen LogP contribution in [-0.2, 0) is 33.0 Å². The molecule has 6 aromatic rings. The lowest BCUT2D eigenvalue weighted by atomic mass is 10.0. The second-order valence-corrected chi connectivity index (χ2v) is 15.9. The van der Waals surface area contributed by atoms with E-state index in [1.165, 1.54) is 54.2 Å². The van der Waals surface area contributed by atoms with Crippen molar-refractivity contribution >= 4 is 61.4 Å². The van der Waals surface area contributed by atoms with Gasteiger partial charge < -0.3 is 14.8 Å². The number of halogens is 4. The van der Waals surface area contributed by atoms with E-state index in [0.29, 0.717) is 10.4 Å². The number of carbonyl (C=O) groups excluding carboxylic acids is 2. The second-order valence-electron chi connectivity index (χ2n) is 13.6. The number of ether oxygens (including phenoxy) is 2. The predicted octanol–water partition coefficient (Wildman–Crippen LogP) is 6.65. The molecule has 292 valence electrons. The van der Waals surface area contributed by atoms with E-state index in [2.05, 4.69) is 15.4 Å². The molecule has 56 heavy (non-hydrogen) atoms. The summed E-state index contributed by atoms with van der Waals surface area (Å²) in [5.41, 5.74) is -1.95. The fourth-order valence-corrected chi connectivity index (χ4v) is 7.20. The summed E-state index contributed by atoms with van der Waals surface area (Å²) < 4.78 is 83.1. The molecule has 0 aliphatic carbocycles. The molecule has 3 heterocycles. The lowest BCUT2D eigenvalue weighted by Crippen LogP contribution is -2.39. The van der Waals surface area contributed by atoms with Crippen molar-refractivity contribution < 1.29 is 40.7 Å². The van der Waals surface area contributed by atoms with E-state index in [-0.39, 0.29) is 67.9 Å². The van der Waals surface area contributed by atoms with Crippen molar-refractivity contribution in [2.45, 2.75) is 45.8 Å². The number of aromatic nitrogens is 5. The number of nitrogens with one attached hydrogen (secondary N) is 1. The monoisotopic (exact) mass is 811 g/mol. The number of benzene rings is 3. The van der Waals surface area contributed by atoms with Crippen molar-refractivity contribution in [3.05, 3.63) is 111 Å². The molecule has 0 saturated carbocycles. The van der Waals surface area contributed by atoms with Gasteiger partial charge in [-0.1, -0.05) is 23.7 Å². The number of para-hydroxylation sites is 1. The van der Waals surface area contributed by atoms with Crippen LogP contribution in [0.25, 0.3) is 27.6 Å². The summed E-state index contributed by atoms with van der Waals surface area (Å²) in [5, 5.41) is 6.79. The largest absolute Gasteiger partial charge is 0.444 e. The minimum Gasteiger partial charge on any atom is -0.444 e. The zero-order valence-electron chi connectivity index (χ0n) is 30.6. The number of anilines is 1. The van der Waals surface area contributed by atoms with Crippen LogP contribution in [0.4, 0.5) is 23.8 Å². The first kappa shape index (κ1) is 39.7. The fourth-order valence-electron chi connectivity index (χ4n) is 6.05. The highest BCUT2D eigenvalue weighted by Gasteiger charge is 2.32. The first-order chi connectivity index (χ1) is 26.2. The number of pyridine rings is 1. The van der Waals surface area contributed by atoms with Crippen LogP contribution >= 0.6 is 11.6 Å². The molecule has 3 aromatic heterocycles. The average Bonchev–Trinajstić information content (AvgIpc) is 3.40. The number of rotatable bonds is 9. The van der Waals surface area contributed by atoms with E-state index in [0.717, 1.165) is 29.9 Å². The van der Waals surface area contributed by atoms with Crippen LogP contribution in [0.2, 0.25) is 5.02 Å². The summed E-state index contributed by atoms with van der Waals surface area (Å²) in [5.74, 6) is -4.37. The molecule has 0 spiro atoms.